The fraction of sp³-hybridized carbons (Fsp3) is 0.941. The molecule has 0 heterocycles. The van der Waals surface area contributed by atoms with E-state index in [0.717, 1.165) is 31.4 Å². The number of hydrogen-bond donors (Lipinski definition) is 2. The summed E-state index contributed by atoms with van der Waals surface area (Å²) in [4.78, 5) is 4.28. The van der Waals surface area contributed by atoms with E-state index in [1.165, 1.54) is 32.1 Å². The first-order valence-corrected chi connectivity index (χ1v) is 8.89. The van der Waals surface area contributed by atoms with Crippen molar-refractivity contribution < 1.29 is 9.47 Å². The van der Waals surface area contributed by atoms with Crippen molar-refractivity contribution in [3.05, 3.63) is 0 Å². The average Bonchev–Trinajstić information content (AvgIpc) is 2.54. The molecular weight excluding hydrogens is 278 g/mol. The monoisotopic (exact) mass is 313 g/mol. The number of aliphatic imine (C=N–C) groups is 1. The summed E-state index contributed by atoms with van der Waals surface area (Å²) in [5, 5.41) is 6.82. The molecule has 0 aromatic heterocycles. The van der Waals surface area contributed by atoms with Gasteiger partial charge in [-0.1, -0.05) is 20.3 Å². The van der Waals surface area contributed by atoms with Crippen LogP contribution in [-0.2, 0) is 9.47 Å². The summed E-state index contributed by atoms with van der Waals surface area (Å²) in [6.45, 7) is 8.16. The highest BCUT2D eigenvalue weighted by Gasteiger charge is 2.18. The van der Waals surface area contributed by atoms with Crippen molar-refractivity contribution in [3.8, 4) is 0 Å². The second kappa shape index (κ2) is 12.7. The molecule has 130 valence electrons. The fourth-order valence-corrected chi connectivity index (χ4v) is 2.60. The molecule has 1 aliphatic rings. The number of nitrogens with one attached hydrogen (secondary N) is 2. The zero-order valence-electron chi connectivity index (χ0n) is 14.7. The highest BCUT2D eigenvalue weighted by molar-refractivity contribution is 5.79. The van der Waals surface area contributed by atoms with E-state index in [2.05, 4.69) is 29.5 Å². The Morgan fingerprint density at radius 3 is 2.36 bits per heavy atom. The predicted molar refractivity (Wildman–Crippen MR) is 92.5 cm³/mol. The summed E-state index contributed by atoms with van der Waals surface area (Å²) >= 11 is 0. The van der Waals surface area contributed by atoms with E-state index < -0.39 is 0 Å². The van der Waals surface area contributed by atoms with Crippen LogP contribution in [0.3, 0.4) is 0 Å². The van der Waals surface area contributed by atoms with Crippen LogP contribution >= 0.6 is 0 Å². The number of unbranched alkanes of at least 4 members (excludes halogenated alkanes) is 1. The largest absolute Gasteiger partial charge is 0.379 e. The number of nitrogens with zero attached hydrogens (tertiary/aromatic N) is 1. The first-order chi connectivity index (χ1) is 10.8. The molecule has 0 spiro atoms. The first kappa shape index (κ1) is 19.2. The van der Waals surface area contributed by atoms with Crippen molar-refractivity contribution in [2.75, 3.05) is 40.0 Å². The Balaban J connectivity index is 1.98. The Labute approximate surface area is 136 Å². The maximum atomic E-state index is 5.54. The molecule has 0 aromatic carbocycles. The third-order valence-electron chi connectivity index (χ3n) is 4.13. The minimum atomic E-state index is 0.565. The summed E-state index contributed by atoms with van der Waals surface area (Å²) in [6, 6.07) is 0.565. The normalized spacial score (nSPS) is 22.6. The van der Waals surface area contributed by atoms with Gasteiger partial charge in [0.05, 0.1) is 19.8 Å². The van der Waals surface area contributed by atoms with Crippen LogP contribution in [-0.4, -0.2) is 52.0 Å². The second-order valence-electron chi connectivity index (χ2n) is 6.18. The Hall–Kier alpha value is -0.810. The molecule has 5 nitrogen and oxygen atoms in total. The average molecular weight is 313 g/mol. The maximum Gasteiger partial charge on any atom is 0.191 e. The first-order valence-electron chi connectivity index (χ1n) is 8.89. The fourth-order valence-electron chi connectivity index (χ4n) is 2.60. The molecule has 0 radical (unpaired) electrons. The standard InChI is InChI=1S/C17H35N3O2/c1-4-5-11-21-13-14-22-12-10-19-17(18-3)20-16-8-6-15(2)7-9-16/h15-16H,4-14H2,1-3H3,(H2,18,19,20). The predicted octanol–water partition coefficient (Wildman–Crippen LogP) is 2.56. The van der Waals surface area contributed by atoms with Gasteiger partial charge >= 0.3 is 0 Å². The van der Waals surface area contributed by atoms with Gasteiger partial charge in [-0.05, 0) is 38.0 Å². The van der Waals surface area contributed by atoms with Gasteiger partial charge in [-0.2, -0.15) is 0 Å². The summed E-state index contributed by atoms with van der Waals surface area (Å²) in [6.07, 6.45) is 7.42. The molecule has 0 aromatic rings. The molecule has 1 fully saturated rings. The van der Waals surface area contributed by atoms with E-state index in [0.29, 0.717) is 25.9 Å². The van der Waals surface area contributed by atoms with Crippen LogP contribution in [0.25, 0.3) is 0 Å². The van der Waals surface area contributed by atoms with Gasteiger partial charge in [0.1, 0.15) is 0 Å². The summed E-state index contributed by atoms with van der Waals surface area (Å²) in [5.74, 6) is 1.77. The molecule has 22 heavy (non-hydrogen) atoms. The molecular formula is C17H35N3O2. The van der Waals surface area contributed by atoms with Crippen molar-refractivity contribution in [2.24, 2.45) is 10.9 Å². The zero-order valence-corrected chi connectivity index (χ0v) is 14.7. The summed E-state index contributed by atoms with van der Waals surface area (Å²) < 4.78 is 11.0. The number of rotatable bonds is 10. The zero-order chi connectivity index (χ0) is 16.0. The van der Waals surface area contributed by atoms with Crippen molar-refractivity contribution in [3.63, 3.8) is 0 Å². The lowest BCUT2D eigenvalue weighted by molar-refractivity contribution is 0.0487. The van der Waals surface area contributed by atoms with Crippen LogP contribution in [0.5, 0.6) is 0 Å². The van der Waals surface area contributed by atoms with Gasteiger partial charge in [0.15, 0.2) is 5.96 Å². The molecule has 0 bridgehead atoms. The van der Waals surface area contributed by atoms with E-state index in [1.54, 1.807) is 0 Å². The van der Waals surface area contributed by atoms with Gasteiger partial charge in [0.25, 0.3) is 0 Å². The number of guanidine groups is 1. The van der Waals surface area contributed by atoms with Gasteiger partial charge in [0, 0.05) is 26.2 Å². The topological polar surface area (TPSA) is 54.9 Å². The lowest BCUT2D eigenvalue weighted by Gasteiger charge is -2.28. The molecule has 1 saturated carbocycles. The van der Waals surface area contributed by atoms with Crippen molar-refractivity contribution in [1.29, 1.82) is 0 Å². The maximum absolute atomic E-state index is 5.54. The van der Waals surface area contributed by atoms with Gasteiger partial charge in [0.2, 0.25) is 0 Å². The van der Waals surface area contributed by atoms with Crippen molar-refractivity contribution >= 4 is 5.96 Å². The van der Waals surface area contributed by atoms with Crippen LogP contribution in [0.4, 0.5) is 0 Å². The number of hydrogen-bond acceptors (Lipinski definition) is 3. The highest BCUT2D eigenvalue weighted by atomic mass is 16.5. The smallest absolute Gasteiger partial charge is 0.191 e. The molecule has 0 atom stereocenters. The Morgan fingerprint density at radius 1 is 1.05 bits per heavy atom. The summed E-state index contributed by atoms with van der Waals surface area (Å²) in [5.41, 5.74) is 0. The summed E-state index contributed by atoms with van der Waals surface area (Å²) in [7, 11) is 1.82. The van der Waals surface area contributed by atoms with E-state index in [1.807, 2.05) is 7.05 Å². The second-order valence-corrected chi connectivity index (χ2v) is 6.18. The van der Waals surface area contributed by atoms with Crippen molar-refractivity contribution in [2.45, 2.75) is 58.4 Å². The van der Waals surface area contributed by atoms with Gasteiger partial charge in [-0.3, -0.25) is 4.99 Å². The Bertz CT molecular complexity index is 290. The molecule has 0 amide bonds. The van der Waals surface area contributed by atoms with E-state index in [9.17, 15) is 0 Å². The lowest BCUT2D eigenvalue weighted by Crippen LogP contribution is -2.45. The third kappa shape index (κ3) is 9.26. The van der Waals surface area contributed by atoms with E-state index in [4.69, 9.17) is 9.47 Å². The Kier molecular flexibility index (Phi) is 11.1. The van der Waals surface area contributed by atoms with Crippen LogP contribution in [0.15, 0.2) is 4.99 Å². The Morgan fingerprint density at radius 2 is 1.73 bits per heavy atom. The van der Waals surface area contributed by atoms with Crippen LogP contribution < -0.4 is 10.6 Å². The van der Waals surface area contributed by atoms with E-state index >= 15 is 0 Å². The van der Waals surface area contributed by atoms with Gasteiger partial charge in [-0.15, -0.1) is 0 Å². The SMILES string of the molecule is CCCCOCCOCCNC(=NC)NC1CCC(C)CC1. The van der Waals surface area contributed by atoms with Crippen LogP contribution in [0.1, 0.15) is 52.4 Å². The van der Waals surface area contributed by atoms with Gasteiger partial charge in [-0.25, -0.2) is 0 Å². The quantitative estimate of drug-likeness (QED) is 0.370. The van der Waals surface area contributed by atoms with Crippen LogP contribution in [0, 0.1) is 5.92 Å². The molecule has 0 saturated heterocycles. The molecule has 1 rings (SSSR count). The molecule has 0 aliphatic heterocycles. The number of ether oxygens (including phenoxy) is 2. The third-order valence-corrected chi connectivity index (χ3v) is 4.13. The molecule has 1 aliphatic carbocycles. The van der Waals surface area contributed by atoms with Gasteiger partial charge < -0.3 is 20.1 Å². The van der Waals surface area contributed by atoms with E-state index in [-0.39, 0.29) is 0 Å². The minimum absolute atomic E-state index is 0.565. The van der Waals surface area contributed by atoms with Crippen molar-refractivity contribution in [1.82, 2.24) is 10.6 Å². The molecule has 5 heteroatoms. The lowest BCUT2D eigenvalue weighted by atomic mass is 9.87. The minimum Gasteiger partial charge on any atom is -0.379 e. The molecule has 2 N–H and O–H groups in total. The molecule has 0 unspecified atom stereocenters. The highest BCUT2D eigenvalue weighted by Crippen LogP contribution is 2.23. The van der Waals surface area contributed by atoms with Crippen LogP contribution in [0.2, 0.25) is 0 Å².